The number of carbonyl (C=O) groups is 1. The number of ether oxygens (including phenoxy) is 2. The molecule has 0 saturated carbocycles. The summed E-state index contributed by atoms with van der Waals surface area (Å²) in [6.45, 7) is -1.40. The van der Waals surface area contributed by atoms with Gasteiger partial charge in [-0.25, -0.2) is 0 Å². The van der Waals surface area contributed by atoms with Crippen molar-refractivity contribution in [3.05, 3.63) is 11.8 Å². The fourth-order valence-electron chi connectivity index (χ4n) is 1.12. The molecule has 0 spiro atoms. The van der Waals surface area contributed by atoms with Gasteiger partial charge in [0.2, 0.25) is 0 Å². The highest BCUT2D eigenvalue weighted by Gasteiger charge is 2.28. The second-order valence-corrected chi connectivity index (χ2v) is 3.15. The zero-order valence-corrected chi connectivity index (χ0v) is 7.97. The molecule has 6 heteroatoms. The number of alkyl halides is 3. The summed E-state index contributed by atoms with van der Waals surface area (Å²) in [4.78, 5) is 11.2. The maximum absolute atomic E-state index is 11.7. The summed E-state index contributed by atoms with van der Waals surface area (Å²) in [7, 11) is 0. The van der Waals surface area contributed by atoms with Gasteiger partial charge in [-0.3, -0.25) is 4.79 Å². The van der Waals surface area contributed by atoms with Crippen LogP contribution in [0.2, 0.25) is 0 Å². The van der Waals surface area contributed by atoms with E-state index in [0.717, 1.165) is 0 Å². The molecule has 0 radical (unpaired) electrons. The first-order valence-electron chi connectivity index (χ1n) is 4.47. The fraction of sp³-hybridized carbons (Fsp3) is 0.667. The molecule has 0 saturated heterocycles. The molecule has 0 aliphatic carbocycles. The number of carbonyl (C=O) groups excluding carboxylic acids is 1. The van der Waals surface area contributed by atoms with Gasteiger partial charge in [0.25, 0.3) is 0 Å². The van der Waals surface area contributed by atoms with Gasteiger partial charge in [0.1, 0.15) is 13.2 Å². The lowest BCUT2D eigenvalue weighted by molar-refractivity contribution is -0.174. The third-order valence-electron chi connectivity index (χ3n) is 1.79. The van der Waals surface area contributed by atoms with E-state index >= 15 is 0 Å². The number of halogens is 3. The number of Topliss-reactive ketones (excluding diaryl/α,β-unsaturated/α-hetero) is 1. The topological polar surface area (TPSA) is 35.5 Å². The quantitative estimate of drug-likeness (QED) is 0.730. The van der Waals surface area contributed by atoms with Crippen LogP contribution in [0.5, 0.6) is 0 Å². The highest BCUT2D eigenvalue weighted by atomic mass is 19.4. The van der Waals surface area contributed by atoms with E-state index < -0.39 is 25.2 Å². The van der Waals surface area contributed by atoms with Crippen molar-refractivity contribution >= 4 is 5.78 Å². The van der Waals surface area contributed by atoms with E-state index in [2.05, 4.69) is 4.74 Å². The van der Waals surface area contributed by atoms with E-state index in [1.54, 1.807) is 0 Å². The van der Waals surface area contributed by atoms with E-state index in [0.29, 0.717) is 25.0 Å². The number of hydrogen-bond donors (Lipinski definition) is 0. The molecular weight excluding hydrogens is 213 g/mol. The lowest BCUT2D eigenvalue weighted by atomic mass is 10.1. The summed E-state index contributed by atoms with van der Waals surface area (Å²) >= 11 is 0. The highest BCUT2D eigenvalue weighted by molar-refractivity contribution is 5.96. The van der Waals surface area contributed by atoms with E-state index in [-0.39, 0.29) is 0 Å². The van der Waals surface area contributed by atoms with Crippen LogP contribution in [0.25, 0.3) is 0 Å². The molecule has 1 aliphatic heterocycles. The molecule has 86 valence electrons. The van der Waals surface area contributed by atoms with Gasteiger partial charge in [-0.2, -0.15) is 13.2 Å². The maximum atomic E-state index is 11.7. The first-order chi connectivity index (χ1) is 6.99. The van der Waals surface area contributed by atoms with E-state index in [1.807, 2.05) is 0 Å². The predicted octanol–water partition coefficient (Wildman–Crippen LogP) is 1.83. The summed E-state index contributed by atoms with van der Waals surface area (Å²) in [5.41, 5.74) is 0.392. The van der Waals surface area contributed by atoms with Gasteiger partial charge in [-0.15, -0.1) is 0 Å². The number of rotatable bonds is 4. The van der Waals surface area contributed by atoms with Crippen molar-refractivity contribution in [2.75, 3.05) is 19.8 Å². The highest BCUT2D eigenvalue weighted by Crippen LogP contribution is 2.16. The zero-order chi connectivity index (χ0) is 11.3. The molecule has 0 amide bonds. The van der Waals surface area contributed by atoms with Crippen LogP contribution in [-0.2, 0) is 14.3 Å². The van der Waals surface area contributed by atoms with Gasteiger partial charge in [-0.05, 0) is 12.8 Å². The molecule has 3 nitrogen and oxygen atoms in total. The van der Waals surface area contributed by atoms with Gasteiger partial charge < -0.3 is 9.47 Å². The van der Waals surface area contributed by atoms with Crippen molar-refractivity contribution in [3.63, 3.8) is 0 Å². The smallest absolute Gasteiger partial charge is 0.411 e. The zero-order valence-electron chi connectivity index (χ0n) is 7.97. The first kappa shape index (κ1) is 12.0. The van der Waals surface area contributed by atoms with Crippen molar-refractivity contribution < 1.29 is 27.4 Å². The Morgan fingerprint density at radius 3 is 2.80 bits per heavy atom. The van der Waals surface area contributed by atoms with Crippen molar-refractivity contribution in [2.24, 2.45) is 0 Å². The van der Waals surface area contributed by atoms with Gasteiger partial charge in [0, 0.05) is 5.57 Å². The van der Waals surface area contributed by atoms with Crippen LogP contribution in [0.4, 0.5) is 13.2 Å². The lowest BCUT2D eigenvalue weighted by Crippen LogP contribution is -2.21. The number of hydrogen-bond acceptors (Lipinski definition) is 3. The summed E-state index contributed by atoms with van der Waals surface area (Å²) in [6, 6.07) is 0. The number of ketones is 1. The molecule has 0 aromatic heterocycles. The normalized spacial score (nSPS) is 16.9. The first-order valence-corrected chi connectivity index (χ1v) is 4.47. The third kappa shape index (κ3) is 4.83. The van der Waals surface area contributed by atoms with Crippen LogP contribution >= 0.6 is 0 Å². The van der Waals surface area contributed by atoms with Gasteiger partial charge in [-0.1, -0.05) is 0 Å². The average Bonchev–Trinajstić information content (AvgIpc) is 2.17. The van der Waals surface area contributed by atoms with Crippen LogP contribution in [-0.4, -0.2) is 31.8 Å². The molecule has 0 fully saturated rings. The minimum atomic E-state index is -4.39. The Morgan fingerprint density at radius 1 is 1.53 bits per heavy atom. The van der Waals surface area contributed by atoms with Crippen molar-refractivity contribution in [3.8, 4) is 0 Å². The monoisotopic (exact) mass is 224 g/mol. The molecule has 0 N–H and O–H groups in total. The van der Waals surface area contributed by atoms with Gasteiger partial charge in [0.05, 0.1) is 12.9 Å². The Morgan fingerprint density at radius 2 is 2.27 bits per heavy atom. The van der Waals surface area contributed by atoms with Crippen molar-refractivity contribution in [1.82, 2.24) is 0 Å². The second kappa shape index (κ2) is 5.16. The second-order valence-electron chi connectivity index (χ2n) is 3.15. The Balaban J connectivity index is 2.27. The average molecular weight is 224 g/mol. The van der Waals surface area contributed by atoms with E-state index in [9.17, 15) is 18.0 Å². The maximum Gasteiger partial charge on any atom is 0.411 e. The summed E-state index contributed by atoms with van der Waals surface area (Å²) in [6.07, 6.45) is -1.86. The van der Waals surface area contributed by atoms with Gasteiger partial charge >= 0.3 is 6.18 Å². The Kier molecular flexibility index (Phi) is 4.14. The molecule has 1 rings (SSSR count). The minimum absolute atomic E-state index is 0.392. The molecular formula is C9H11F3O3. The van der Waals surface area contributed by atoms with Crippen LogP contribution in [0.15, 0.2) is 11.8 Å². The summed E-state index contributed by atoms with van der Waals surface area (Å²) in [5.74, 6) is -0.445. The molecule has 1 heterocycles. The molecule has 0 aromatic carbocycles. The third-order valence-corrected chi connectivity index (χ3v) is 1.79. The minimum Gasteiger partial charge on any atom is -0.501 e. The summed E-state index contributed by atoms with van der Waals surface area (Å²) < 4.78 is 44.1. The van der Waals surface area contributed by atoms with Crippen molar-refractivity contribution in [1.29, 1.82) is 0 Å². The standard InChI is InChI=1S/C9H11F3O3/c10-9(11,12)6-15-5-8(13)7-2-1-3-14-4-7/h4H,1-3,5-6H2. The largest absolute Gasteiger partial charge is 0.501 e. The molecule has 15 heavy (non-hydrogen) atoms. The Labute approximate surface area is 84.8 Å². The van der Waals surface area contributed by atoms with E-state index in [4.69, 9.17) is 4.74 Å². The summed E-state index contributed by atoms with van der Waals surface area (Å²) in [5, 5.41) is 0. The van der Waals surface area contributed by atoms with Crippen LogP contribution in [0.3, 0.4) is 0 Å². The van der Waals surface area contributed by atoms with Crippen LogP contribution < -0.4 is 0 Å². The molecule has 0 unspecified atom stereocenters. The Bertz CT molecular complexity index is 258. The fourth-order valence-corrected chi connectivity index (χ4v) is 1.12. The Hall–Kier alpha value is -1.04. The van der Waals surface area contributed by atoms with Crippen LogP contribution in [0, 0.1) is 0 Å². The van der Waals surface area contributed by atoms with Crippen molar-refractivity contribution in [2.45, 2.75) is 19.0 Å². The van der Waals surface area contributed by atoms with Gasteiger partial charge in [0.15, 0.2) is 5.78 Å². The molecule has 0 bridgehead atoms. The van der Waals surface area contributed by atoms with E-state index in [1.165, 1.54) is 6.26 Å². The SMILES string of the molecule is O=C(COCC(F)(F)F)C1=COCCC1. The predicted molar refractivity (Wildman–Crippen MR) is 45.2 cm³/mol. The van der Waals surface area contributed by atoms with Crippen LogP contribution in [0.1, 0.15) is 12.8 Å². The molecule has 0 aromatic rings. The molecule has 1 aliphatic rings. The molecule has 0 atom stereocenters. The lowest BCUT2D eigenvalue weighted by Gasteiger charge is -2.13.